The Balaban J connectivity index is 1.70. The third kappa shape index (κ3) is 4.63. The van der Waals surface area contributed by atoms with Gasteiger partial charge in [0.1, 0.15) is 0 Å². The van der Waals surface area contributed by atoms with Gasteiger partial charge in [-0.3, -0.25) is 0 Å². The van der Waals surface area contributed by atoms with E-state index in [1.165, 1.54) is 0 Å². The zero-order valence-electron chi connectivity index (χ0n) is 13.0. The van der Waals surface area contributed by atoms with Gasteiger partial charge in [0, 0.05) is 9.26 Å². The van der Waals surface area contributed by atoms with Gasteiger partial charge in [0.05, 0.1) is 5.56 Å². The van der Waals surface area contributed by atoms with Gasteiger partial charge in [-0.05, 0) is 46.9 Å². The number of nitrogens with zero attached hydrogens (tertiary/aromatic N) is 3. The molecule has 0 radical (unpaired) electrons. The van der Waals surface area contributed by atoms with Crippen molar-refractivity contribution in [2.24, 2.45) is 0 Å². The molecule has 0 aliphatic rings. The van der Waals surface area contributed by atoms with Gasteiger partial charge in [-0.1, -0.05) is 30.3 Å². The summed E-state index contributed by atoms with van der Waals surface area (Å²) in [4.78, 5) is 24.4. The van der Waals surface area contributed by atoms with E-state index in [1.807, 2.05) is 42.5 Å². The zero-order chi connectivity index (χ0) is 17.6. The van der Waals surface area contributed by atoms with Crippen molar-refractivity contribution < 1.29 is 9.53 Å². The lowest BCUT2D eigenvalue weighted by molar-refractivity contribution is 0.0461. The van der Waals surface area contributed by atoms with Gasteiger partial charge in [-0.2, -0.15) is 15.0 Å². The molecule has 0 amide bonds. The molecular weight excluding hydrogens is 433 g/mol. The van der Waals surface area contributed by atoms with E-state index >= 15 is 0 Å². The lowest BCUT2D eigenvalue weighted by Gasteiger charge is -2.08. The summed E-state index contributed by atoms with van der Waals surface area (Å²) in [6, 6.07) is 16.6. The van der Waals surface area contributed by atoms with Gasteiger partial charge in [-0.15, -0.1) is 0 Å². The molecule has 0 spiro atoms. The van der Waals surface area contributed by atoms with Crippen LogP contribution in [0.1, 0.15) is 16.2 Å². The maximum absolute atomic E-state index is 12.2. The number of halogens is 1. The molecule has 0 bridgehead atoms. The number of anilines is 3. The standard InChI is InChI=1S/C17H14IN5O2/c18-13-9-5-4-8-12(13)15(24)25-10-14-21-16(19)23-17(22-14)20-11-6-2-1-3-7-11/h1-9H,10H2,(H3,19,20,21,22,23). The van der Waals surface area contributed by atoms with E-state index in [-0.39, 0.29) is 18.4 Å². The van der Waals surface area contributed by atoms with E-state index in [0.29, 0.717) is 11.5 Å². The number of carbonyl (C=O) groups excluding carboxylic acids is 1. The van der Waals surface area contributed by atoms with Crippen molar-refractivity contribution in [3.63, 3.8) is 0 Å². The highest BCUT2D eigenvalue weighted by atomic mass is 127. The van der Waals surface area contributed by atoms with Crippen molar-refractivity contribution in [3.05, 3.63) is 69.6 Å². The Morgan fingerprint density at radius 1 is 1.04 bits per heavy atom. The number of aromatic nitrogens is 3. The van der Waals surface area contributed by atoms with Crippen LogP contribution in [0, 0.1) is 3.57 Å². The molecule has 0 unspecified atom stereocenters. The molecule has 2 aromatic carbocycles. The number of esters is 1. The van der Waals surface area contributed by atoms with Crippen LogP contribution in [0.25, 0.3) is 0 Å². The molecule has 0 fully saturated rings. The first-order valence-electron chi connectivity index (χ1n) is 7.36. The Hall–Kier alpha value is -2.75. The first-order valence-corrected chi connectivity index (χ1v) is 8.44. The van der Waals surface area contributed by atoms with Crippen LogP contribution >= 0.6 is 22.6 Å². The highest BCUT2D eigenvalue weighted by molar-refractivity contribution is 14.1. The van der Waals surface area contributed by atoms with Crippen molar-refractivity contribution in [2.45, 2.75) is 6.61 Å². The largest absolute Gasteiger partial charge is 0.454 e. The summed E-state index contributed by atoms with van der Waals surface area (Å²) in [6.07, 6.45) is 0. The minimum atomic E-state index is -0.443. The van der Waals surface area contributed by atoms with Gasteiger partial charge >= 0.3 is 5.97 Å². The molecule has 1 aromatic heterocycles. The number of rotatable bonds is 5. The fourth-order valence-corrected chi connectivity index (χ4v) is 2.65. The fourth-order valence-electron chi connectivity index (χ4n) is 2.04. The maximum Gasteiger partial charge on any atom is 0.339 e. The van der Waals surface area contributed by atoms with Gasteiger partial charge < -0.3 is 15.8 Å². The van der Waals surface area contributed by atoms with Crippen LogP contribution in [-0.2, 0) is 11.3 Å². The molecule has 0 aliphatic heterocycles. The molecule has 3 aromatic rings. The third-order valence-electron chi connectivity index (χ3n) is 3.16. The molecule has 126 valence electrons. The summed E-state index contributed by atoms with van der Waals surface area (Å²) >= 11 is 2.08. The van der Waals surface area contributed by atoms with Crippen LogP contribution in [0.2, 0.25) is 0 Å². The van der Waals surface area contributed by atoms with Gasteiger partial charge in [0.25, 0.3) is 0 Å². The van der Waals surface area contributed by atoms with Crippen LogP contribution in [0.3, 0.4) is 0 Å². The van der Waals surface area contributed by atoms with E-state index < -0.39 is 5.97 Å². The number of nitrogen functional groups attached to an aromatic ring is 1. The first-order chi connectivity index (χ1) is 12.1. The monoisotopic (exact) mass is 447 g/mol. The normalized spacial score (nSPS) is 10.3. The molecule has 1 heterocycles. The Morgan fingerprint density at radius 3 is 2.52 bits per heavy atom. The minimum Gasteiger partial charge on any atom is -0.454 e. The van der Waals surface area contributed by atoms with Crippen molar-refractivity contribution in [3.8, 4) is 0 Å². The second-order valence-electron chi connectivity index (χ2n) is 4.98. The Morgan fingerprint density at radius 2 is 1.76 bits per heavy atom. The van der Waals surface area contributed by atoms with Crippen LogP contribution < -0.4 is 11.1 Å². The smallest absolute Gasteiger partial charge is 0.339 e. The van der Waals surface area contributed by atoms with Crippen molar-refractivity contribution >= 4 is 46.1 Å². The Kier molecular flexibility index (Phi) is 5.39. The number of hydrogen-bond acceptors (Lipinski definition) is 7. The third-order valence-corrected chi connectivity index (χ3v) is 4.10. The molecule has 3 N–H and O–H groups in total. The molecule has 0 atom stereocenters. The van der Waals surface area contributed by atoms with E-state index in [9.17, 15) is 4.79 Å². The van der Waals surface area contributed by atoms with Gasteiger partial charge in [0.15, 0.2) is 12.4 Å². The average molecular weight is 447 g/mol. The molecule has 8 heteroatoms. The molecule has 0 aliphatic carbocycles. The number of nitrogens with two attached hydrogens (primary N) is 1. The van der Waals surface area contributed by atoms with E-state index in [0.717, 1.165) is 9.26 Å². The van der Waals surface area contributed by atoms with Crippen molar-refractivity contribution in [1.82, 2.24) is 15.0 Å². The second-order valence-corrected chi connectivity index (χ2v) is 6.14. The quantitative estimate of drug-likeness (QED) is 0.458. The maximum atomic E-state index is 12.2. The van der Waals surface area contributed by atoms with Gasteiger partial charge in [-0.25, -0.2) is 4.79 Å². The van der Waals surface area contributed by atoms with Crippen LogP contribution in [-0.4, -0.2) is 20.9 Å². The zero-order valence-corrected chi connectivity index (χ0v) is 15.2. The Bertz CT molecular complexity index is 889. The lowest BCUT2D eigenvalue weighted by Crippen LogP contribution is -2.12. The summed E-state index contributed by atoms with van der Waals surface area (Å²) in [5.41, 5.74) is 7.02. The predicted molar refractivity (Wildman–Crippen MR) is 102 cm³/mol. The molecule has 0 saturated heterocycles. The van der Waals surface area contributed by atoms with Gasteiger partial charge in [0.2, 0.25) is 11.9 Å². The molecule has 7 nitrogen and oxygen atoms in total. The summed E-state index contributed by atoms with van der Waals surface area (Å²) in [5, 5.41) is 3.03. The summed E-state index contributed by atoms with van der Waals surface area (Å²) in [6.45, 7) is -0.0972. The highest BCUT2D eigenvalue weighted by Crippen LogP contribution is 2.15. The van der Waals surface area contributed by atoms with Crippen molar-refractivity contribution in [1.29, 1.82) is 0 Å². The lowest BCUT2D eigenvalue weighted by atomic mass is 10.2. The average Bonchev–Trinajstić information content (AvgIpc) is 2.60. The summed E-state index contributed by atoms with van der Waals surface area (Å²) in [7, 11) is 0. The topological polar surface area (TPSA) is 103 Å². The number of benzene rings is 2. The minimum absolute atomic E-state index is 0.0498. The van der Waals surface area contributed by atoms with E-state index in [1.54, 1.807) is 12.1 Å². The first kappa shape index (κ1) is 17.1. The SMILES string of the molecule is Nc1nc(COC(=O)c2ccccc2I)nc(Nc2ccccc2)n1. The number of ether oxygens (including phenoxy) is 1. The number of hydrogen-bond donors (Lipinski definition) is 2. The summed E-state index contributed by atoms with van der Waals surface area (Å²) in [5.74, 6) is 0.166. The molecule has 0 saturated carbocycles. The fraction of sp³-hybridized carbons (Fsp3) is 0.0588. The highest BCUT2D eigenvalue weighted by Gasteiger charge is 2.12. The van der Waals surface area contributed by atoms with E-state index in [4.69, 9.17) is 10.5 Å². The molecule has 3 rings (SSSR count). The van der Waals surface area contributed by atoms with Crippen LogP contribution in [0.4, 0.5) is 17.6 Å². The van der Waals surface area contributed by atoms with Crippen molar-refractivity contribution in [2.75, 3.05) is 11.1 Å². The predicted octanol–water partition coefficient (Wildman–Crippen LogP) is 3.16. The second kappa shape index (κ2) is 7.88. The van der Waals surface area contributed by atoms with E-state index in [2.05, 4.69) is 42.9 Å². The van der Waals surface area contributed by atoms with Crippen LogP contribution in [0.5, 0.6) is 0 Å². The Labute approximate surface area is 157 Å². The molecule has 25 heavy (non-hydrogen) atoms. The number of para-hydroxylation sites is 1. The van der Waals surface area contributed by atoms with Crippen LogP contribution in [0.15, 0.2) is 54.6 Å². The number of nitrogens with one attached hydrogen (secondary N) is 1. The summed E-state index contributed by atoms with van der Waals surface area (Å²) < 4.78 is 6.09. The number of carbonyl (C=O) groups is 1. The molecular formula is C17H14IN5O2.